The van der Waals surface area contributed by atoms with Crippen LogP contribution in [0.5, 0.6) is 5.75 Å². The summed E-state index contributed by atoms with van der Waals surface area (Å²) in [6, 6.07) is 6.04. The molecule has 2 aliphatic rings. The number of tetrazole rings is 1. The first-order valence-electron chi connectivity index (χ1n) is 10.2. The normalized spacial score (nSPS) is 21.8. The molecule has 8 heteroatoms. The van der Waals surface area contributed by atoms with Gasteiger partial charge >= 0.3 is 0 Å². The van der Waals surface area contributed by atoms with E-state index in [9.17, 15) is 9.90 Å². The summed E-state index contributed by atoms with van der Waals surface area (Å²) in [4.78, 5) is 11.4. The second-order valence-electron chi connectivity index (χ2n) is 7.69. The van der Waals surface area contributed by atoms with Crippen molar-refractivity contribution < 1.29 is 14.6 Å². The Morgan fingerprint density at radius 1 is 1.25 bits per heavy atom. The lowest BCUT2D eigenvalue weighted by Crippen LogP contribution is -2.24. The lowest BCUT2D eigenvalue weighted by molar-refractivity contribution is -0.116. The number of anilines is 1. The topological polar surface area (TPSA) is 102 Å². The maximum atomic E-state index is 11.4. The molecule has 2 heterocycles. The van der Waals surface area contributed by atoms with E-state index in [0.717, 1.165) is 74.2 Å². The first kappa shape index (κ1) is 18.9. The Balaban J connectivity index is 1.23. The molecule has 1 aromatic carbocycles. The number of hydrogen-bond donors (Lipinski definition) is 2. The molecule has 1 fully saturated rings. The number of ether oxygens (including phenoxy) is 1. The SMILES string of the molecule is O=C1CCc2cc(OCCCCc3nnnn3[C@@H]3CCC[C@H](O)C3)ccc2N1. The molecule has 2 aromatic rings. The van der Waals surface area contributed by atoms with E-state index in [0.29, 0.717) is 13.0 Å². The Labute approximate surface area is 164 Å². The highest BCUT2D eigenvalue weighted by Gasteiger charge is 2.24. The summed E-state index contributed by atoms with van der Waals surface area (Å²) >= 11 is 0. The molecule has 1 aliphatic carbocycles. The number of benzene rings is 1. The van der Waals surface area contributed by atoms with E-state index in [-0.39, 0.29) is 18.1 Å². The number of unbranched alkanes of at least 4 members (excludes halogenated alkanes) is 1. The largest absolute Gasteiger partial charge is 0.494 e. The molecular weight excluding hydrogens is 358 g/mol. The molecule has 2 N–H and O–H groups in total. The van der Waals surface area contributed by atoms with Gasteiger partial charge in [-0.05, 0) is 79.1 Å². The zero-order valence-corrected chi connectivity index (χ0v) is 16.0. The first-order chi connectivity index (χ1) is 13.7. The summed E-state index contributed by atoms with van der Waals surface area (Å²) < 4.78 is 7.78. The van der Waals surface area contributed by atoms with Gasteiger partial charge in [0, 0.05) is 18.5 Å². The minimum Gasteiger partial charge on any atom is -0.494 e. The van der Waals surface area contributed by atoms with Crippen LogP contribution in [0.15, 0.2) is 18.2 Å². The van der Waals surface area contributed by atoms with E-state index >= 15 is 0 Å². The third kappa shape index (κ3) is 4.49. The number of aliphatic hydroxyl groups is 1. The predicted molar refractivity (Wildman–Crippen MR) is 103 cm³/mol. The highest BCUT2D eigenvalue weighted by atomic mass is 16.5. The summed E-state index contributed by atoms with van der Waals surface area (Å²) in [6.45, 7) is 0.634. The van der Waals surface area contributed by atoms with E-state index in [1.165, 1.54) is 0 Å². The Hall–Kier alpha value is -2.48. The van der Waals surface area contributed by atoms with Crippen molar-refractivity contribution in [3.05, 3.63) is 29.6 Å². The van der Waals surface area contributed by atoms with Crippen molar-refractivity contribution in [2.75, 3.05) is 11.9 Å². The first-order valence-corrected chi connectivity index (χ1v) is 10.2. The van der Waals surface area contributed by atoms with Crippen molar-refractivity contribution in [3.63, 3.8) is 0 Å². The molecule has 0 bridgehead atoms. The van der Waals surface area contributed by atoms with Gasteiger partial charge in [-0.15, -0.1) is 5.10 Å². The van der Waals surface area contributed by atoms with Gasteiger partial charge in [0.2, 0.25) is 5.91 Å². The minimum absolute atomic E-state index is 0.0752. The number of rotatable bonds is 7. The fourth-order valence-electron chi connectivity index (χ4n) is 4.05. The van der Waals surface area contributed by atoms with Crippen LogP contribution in [0.25, 0.3) is 0 Å². The zero-order valence-electron chi connectivity index (χ0n) is 16.0. The average Bonchev–Trinajstić information content (AvgIpc) is 3.16. The van der Waals surface area contributed by atoms with Gasteiger partial charge in [0.15, 0.2) is 5.82 Å². The van der Waals surface area contributed by atoms with Gasteiger partial charge in [-0.3, -0.25) is 4.79 Å². The molecule has 4 rings (SSSR count). The van der Waals surface area contributed by atoms with E-state index in [4.69, 9.17) is 4.74 Å². The molecule has 0 spiro atoms. The smallest absolute Gasteiger partial charge is 0.224 e. The Bertz CT molecular complexity index is 822. The quantitative estimate of drug-likeness (QED) is 0.710. The van der Waals surface area contributed by atoms with E-state index in [2.05, 4.69) is 20.8 Å². The number of nitrogens with one attached hydrogen (secondary N) is 1. The Kier molecular flexibility index (Phi) is 5.85. The van der Waals surface area contributed by atoms with Gasteiger partial charge in [0.05, 0.1) is 18.8 Å². The molecule has 1 amide bonds. The maximum absolute atomic E-state index is 11.4. The van der Waals surface area contributed by atoms with Crippen LogP contribution < -0.4 is 10.1 Å². The lowest BCUT2D eigenvalue weighted by Gasteiger charge is -2.26. The highest BCUT2D eigenvalue weighted by Crippen LogP contribution is 2.29. The maximum Gasteiger partial charge on any atom is 0.224 e. The number of aliphatic hydroxyl groups excluding tert-OH is 1. The molecule has 0 radical (unpaired) electrons. The van der Waals surface area contributed by atoms with E-state index in [1.54, 1.807) is 0 Å². The summed E-state index contributed by atoms with van der Waals surface area (Å²) in [5.41, 5.74) is 2.02. The number of carbonyl (C=O) groups excluding carboxylic acids is 1. The Morgan fingerprint density at radius 3 is 3.07 bits per heavy atom. The number of nitrogens with zero attached hydrogens (tertiary/aromatic N) is 4. The fourth-order valence-corrected chi connectivity index (χ4v) is 4.05. The lowest BCUT2D eigenvalue weighted by atomic mass is 9.93. The van der Waals surface area contributed by atoms with Crippen molar-refractivity contribution in [1.29, 1.82) is 0 Å². The molecule has 1 aromatic heterocycles. The molecular formula is C20H27N5O3. The standard InChI is InChI=1S/C20H27N5O3/c26-16-5-3-4-15(13-16)25-19(22-23-24-25)6-1-2-11-28-17-8-9-18-14(12-17)7-10-20(27)21-18/h8-9,12,15-16,26H,1-7,10-11,13H2,(H,21,27)/t15-,16+/m1/s1. The summed E-state index contributed by atoms with van der Waals surface area (Å²) in [6.07, 6.45) is 7.36. The highest BCUT2D eigenvalue weighted by molar-refractivity contribution is 5.93. The van der Waals surface area contributed by atoms with Crippen molar-refractivity contribution in [2.24, 2.45) is 0 Å². The molecule has 0 unspecified atom stereocenters. The molecule has 1 saturated carbocycles. The number of aromatic nitrogens is 4. The van der Waals surface area contributed by atoms with E-state index < -0.39 is 0 Å². The molecule has 2 atom stereocenters. The monoisotopic (exact) mass is 385 g/mol. The fraction of sp³-hybridized carbons (Fsp3) is 0.600. The molecule has 8 nitrogen and oxygen atoms in total. The number of hydrogen-bond acceptors (Lipinski definition) is 6. The van der Waals surface area contributed by atoms with Gasteiger partial charge in [-0.1, -0.05) is 0 Å². The second-order valence-corrected chi connectivity index (χ2v) is 7.69. The predicted octanol–water partition coefficient (Wildman–Crippen LogP) is 2.44. The van der Waals surface area contributed by atoms with Crippen LogP contribution in [0.1, 0.15) is 62.4 Å². The summed E-state index contributed by atoms with van der Waals surface area (Å²) in [5, 5.41) is 24.9. The van der Waals surface area contributed by atoms with Crippen LogP contribution in [0.2, 0.25) is 0 Å². The van der Waals surface area contributed by atoms with Gasteiger partial charge < -0.3 is 15.2 Å². The molecule has 150 valence electrons. The number of aryl methyl sites for hydroxylation is 2. The van der Waals surface area contributed by atoms with Crippen LogP contribution in [0, 0.1) is 0 Å². The second kappa shape index (κ2) is 8.68. The minimum atomic E-state index is -0.242. The van der Waals surface area contributed by atoms with Crippen molar-refractivity contribution >= 4 is 11.6 Å². The van der Waals surface area contributed by atoms with Crippen LogP contribution >= 0.6 is 0 Å². The summed E-state index contributed by atoms with van der Waals surface area (Å²) in [5.74, 6) is 1.81. The third-order valence-electron chi connectivity index (χ3n) is 5.56. The molecule has 0 saturated heterocycles. The Morgan fingerprint density at radius 2 is 2.18 bits per heavy atom. The number of fused-ring (bicyclic) bond motifs is 1. The zero-order chi connectivity index (χ0) is 19.3. The van der Waals surface area contributed by atoms with Crippen LogP contribution in [0.3, 0.4) is 0 Å². The van der Waals surface area contributed by atoms with Crippen LogP contribution in [-0.2, 0) is 17.6 Å². The molecule has 28 heavy (non-hydrogen) atoms. The van der Waals surface area contributed by atoms with Gasteiger partial charge in [-0.2, -0.15) is 0 Å². The number of amides is 1. The van der Waals surface area contributed by atoms with Gasteiger partial charge in [0.1, 0.15) is 5.75 Å². The van der Waals surface area contributed by atoms with Crippen LogP contribution in [0.4, 0.5) is 5.69 Å². The van der Waals surface area contributed by atoms with Crippen molar-refractivity contribution in [3.8, 4) is 5.75 Å². The third-order valence-corrected chi connectivity index (χ3v) is 5.56. The number of carbonyl (C=O) groups is 1. The van der Waals surface area contributed by atoms with E-state index in [1.807, 2.05) is 22.9 Å². The average molecular weight is 385 g/mol. The summed E-state index contributed by atoms with van der Waals surface area (Å²) in [7, 11) is 0. The van der Waals surface area contributed by atoms with Crippen LogP contribution in [-0.4, -0.2) is 43.9 Å². The van der Waals surface area contributed by atoms with Crippen molar-refractivity contribution in [1.82, 2.24) is 20.2 Å². The van der Waals surface area contributed by atoms with Gasteiger partial charge in [-0.25, -0.2) is 4.68 Å². The van der Waals surface area contributed by atoms with Gasteiger partial charge in [0.25, 0.3) is 0 Å². The van der Waals surface area contributed by atoms with Crippen molar-refractivity contribution in [2.45, 2.75) is 69.9 Å². The molecule has 1 aliphatic heterocycles.